The first-order valence-corrected chi connectivity index (χ1v) is 17.3. The number of rotatable bonds is 10. The molecule has 2 heterocycles. The summed E-state index contributed by atoms with van der Waals surface area (Å²) >= 11 is 18.7. The average molecular weight is 672 g/mol. The maximum absolute atomic E-state index is 14.6. The van der Waals surface area contributed by atoms with Gasteiger partial charge in [-0.15, -0.1) is 0 Å². The van der Waals surface area contributed by atoms with Crippen molar-refractivity contribution in [3.8, 4) is 0 Å². The van der Waals surface area contributed by atoms with Crippen LogP contribution >= 0.6 is 34.8 Å². The summed E-state index contributed by atoms with van der Waals surface area (Å²) in [5.74, 6) is 0.000615. The molecular formula is C31H41Cl3N4O4S. The number of halogens is 3. The molecule has 0 radical (unpaired) electrons. The maximum atomic E-state index is 14.6. The average Bonchev–Trinajstić information content (AvgIpc) is 2.90. The SMILES string of the molecule is CC(C)CN(CC(C)C)C1CN(S(=O)(=O)c2ccc(Cl)cc2Cl)C2CN(C(C)C)C(=O)C(Cc3ccc(Cl)cc3)N2C1=O. The van der Waals surface area contributed by atoms with Crippen molar-refractivity contribution in [1.29, 1.82) is 0 Å². The first-order chi connectivity index (χ1) is 20.1. The van der Waals surface area contributed by atoms with Crippen LogP contribution < -0.4 is 0 Å². The molecule has 0 aliphatic carbocycles. The number of sulfonamides is 1. The van der Waals surface area contributed by atoms with Crippen molar-refractivity contribution in [3.05, 3.63) is 63.1 Å². The van der Waals surface area contributed by atoms with Gasteiger partial charge >= 0.3 is 0 Å². The molecule has 0 aromatic heterocycles. The largest absolute Gasteiger partial charge is 0.335 e. The van der Waals surface area contributed by atoms with Crippen molar-refractivity contribution in [1.82, 2.24) is 19.0 Å². The van der Waals surface area contributed by atoms with Crippen LogP contribution in [-0.2, 0) is 26.0 Å². The van der Waals surface area contributed by atoms with Crippen LogP contribution in [0.5, 0.6) is 0 Å². The molecule has 2 aliphatic heterocycles. The Kier molecular flexibility index (Phi) is 10.8. The summed E-state index contributed by atoms with van der Waals surface area (Å²) in [6, 6.07) is 9.54. The molecule has 2 aliphatic rings. The lowest BCUT2D eigenvalue weighted by atomic mass is 9.95. The van der Waals surface area contributed by atoms with Gasteiger partial charge in [0.1, 0.15) is 23.1 Å². The van der Waals surface area contributed by atoms with Crippen molar-refractivity contribution in [3.63, 3.8) is 0 Å². The highest BCUT2D eigenvalue weighted by Crippen LogP contribution is 2.36. The van der Waals surface area contributed by atoms with Gasteiger partial charge in [0.2, 0.25) is 21.8 Å². The Labute approximate surface area is 270 Å². The van der Waals surface area contributed by atoms with Crippen LogP contribution in [0.1, 0.15) is 47.1 Å². The number of benzene rings is 2. The maximum Gasteiger partial charge on any atom is 0.246 e. The fraction of sp³-hybridized carbons (Fsp3) is 0.548. The van der Waals surface area contributed by atoms with E-state index >= 15 is 0 Å². The predicted molar refractivity (Wildman–Crippen MR) is 172 cm³/mol. The second kappa shape index (κ2) is 13.6. The fourth-order valence-electron chi connectivity index (χ4n) is 6.05. The third-order valence-corrected chi connectivity index (χ3v) is 10.7. The highest BCUT2D eigenvalue weighted by atomic mass is 35.5. The van der Waals surface area contributed by atoms with E-state index in [0.717, 1.165) is 5.56 Å². The normalized spacial score (nSPS) is 21.9. The molecule has 0 saturated carbocycles. The van der Waals surface area contributed by atoms with Gasteiger partial charge in [-0.2, -0.15) is 4.31 Å². The molecule has 3 unspecified atom stereocenters. The molecule has 2 aromatic rings. The Hall–Kier alpha value is -1.88. The summed E-state index contributed by atoms with van der Waals surface area (Å²) in [7, 11) is -4.23. The molecule has 2 fully saturated rings. The van der Waals surface area contributed by atoms with Gasteiger partial charge in [0.25, 0.3) is 0 Å². The summed E-state index contributed by atoms with van der Waals surface area (Å²) in [6.07, 6.45) is -0.698. The van der Waals surface area contributed by atoms with E-state index in [-0.39, 0.29) is 59.1 Å². The molecule has 2 aromatic carbocycles. The van der Waals surface area contributed by atoms with Gasteiger partial charge in [-0.25, -0.2) is 8.42 Å². The van der Waals surface area contributed by atoms with Crippen molar-refractivity contribution < 1.29 is 18.0 Å². The molecule has 3 atom stereocenters. The fourth-order valence-corrected chi connectivity index (χ4v) is 8.50. The first kappa shape index (κ1) is 34.0. The lowest BCUT2D eigenvalue weighted by Gasteiger charge is -2.55. The van der Waals surface area contributed by atoms with E-state index in [4.69, 9.17) is 34.8 Å². The second-order valence-corrected chi connectivity index (χ2v) is 15.7. The van der Waals surface area contributed by atoms with Gasteiger partial charge in [0.15, 0.2) is 0 Å². The highest BCUT2D eigenvalue weighted by molar-refractivity contribution is 7.89. The lowest BCUT2D eigenvalue weighted by Crippen LogP contribution is -2.76. The number of amides is 2. The first-order valence-electron chi connectivity index (χ1n) is 14.7. The summed E-state index contributed by atoms with van der Waals surface area (Å²) in [5.41, 5.74) is 0.818. The smallest absolute Gasteiger partial charge is 0.246 e. The van der Waals surface area contributed by atoms with Crippen LogP contribution in [0, 0.1) is 11.8 Å². The van der Waals surface area contributed by atoms with Crippen molar-refractivity contribution in [2.24, 2.45) is 11.8 Å². The molecule has 236 valence electrons. The summed E-state index contributed by atoms with van der Waals surface area (Å²) < 4.78 is 30.3. The minimum atomic E-state index is -4.23. The zero-order valence-corrected chi connectivity index (χ0v) is 28.6. The number of nitrogens with zero attached hydrogens (tertiary/aromatic N) is 4. The predicted octanol–water partition coefficient (Wildman–Crippen LogP) is 5.65. The zero-order chi connectivity index (χ0) is 31.8. The molecule has 2 amide bonds. The number of fused-ring (bicyclic) bond motifs is 1. The number of hydrogen-bond donors (Lipinski definition) is 0. The topological polar surface area (TPSA) is 81.2 Å². The second-order valence-electron chi connectivity index (χ2n) is 12.6. The van der Waals surface area contributed by atoms with Crippen molar-refractivity contribution in [2.45, 2.75) is 77.2 Å². The molecule has 0 bridgehead atoms. The molecule has 43 heavy (non-hydrogen) atoms. The number of carbonyl (C=O) groups is 2. The molecule has 0 spiro atoms. The summed E-state index contributed by atoms with van der Waals surface area (Å²) in [6.45, 7) is 13.2. The molecule has 2 saturated heterocycles. The third kappa shape index (κ3) is 7.34. The Morgan fingerprint density at radius 1 is 0.837 bits per heavy atom. The molecule has 8 nitrogen and oxygen atoms in total. The Morgan fingerprint density at radius 2 is 1.42 bits per heavy atom. The van der Waals surface area contributed by atoms with Crippen LogP contribution in [0.15, 0.2) is 47.4 Å². The van der Waals surface area contributed by atoms with Crippen LogP contribution in [0.4, 0.5) is 0 Å². The van der Waals surface area contributed by atoms with E-state index < -0.39 is 28.3 Å². The van der Waals surface area contributed by atoms with Gasteiger partial charge in [-0.3, -0.25) is 14.5 Å². The summed E-state index contributed by atoms with van der Waals surface area (Å²) in [4.78, 5) is 33.8. The molecule has 4 rings (SSSR count). The van der Waals surface area contributed by atoms with Crippen LogP contribution in [0.25, 0.3) is 0 Å². The van der Waals surface area contributed by atoms with Crippen LogP contribution in [0.2, 0.25) is 15.1 Å². The monoisotopic (exact) mass is 670 g/mol. The Morgan fingerprint density at radius 3 is 1.95 bits per heavy atom. The van der Waals surface area contributed by atoms with Crippen LogP contribution in [-0.4, -0.2) is 89.7 Å². The van der Waals surface area contributed by atoms with E-state index in [2.05, 4.69) is 32.6 Å². The quantitative estimate of drug-likeness (QED) is 0.326. The number of hydrogen-bond acceptors (Lipinski definition) is 5. The number of carbonyl (C=O) groups excluding carboxylic acids is 2. The van der Waals surface area contributed by atoms with E-state index in [9.17, 15) is 18.0 Å². The highest BCUT2D eigenvalue weighted by Gasteiger charge is 2.55. The van der Waals surface area contributed by atoms with Gasteiger partial charge in [0.05, 0.1) is 11.6 Å². The van der Waals surface area contributed by atoms with E-state index in [0.29, 0.717) is 23.1 Å². The molecular weight excluding hydrogens is 631 g/mol. The van der Waals surface area contributed by atoms with Gasteiger partial charge < -0.3 is 9.80 Å². The Bertz CT molecular complexity index is 1430. The Balaban J connectivity index is 1.89. The van der Waals surface area contributed by atoms with Crippen LogP contribution in [0.3, 0.4) is 0 Å². The standard InChI is InChI=1S/C31H41Cl3N4O4S/c1-19(2)15-35(16-20(3)4)27-17-37(43(41,42)28-12-11-24(33)14-25(28)34)29-18-36(21(5)6)30(39)26(38(29)31(27)40)13-22-7-9-23(32)10-8-22/h7-12,14,19-21,26-27,29H,13,15-18H2,1-6H3. The molecule has 0 N–H and O–H groups in total. The van der Waals surface area contributed by atoms with E-state index in [1.54, 1.807) is 17.0 Å². The molecule has 12 heteroatoms. The van der Waals surface area contributed by atoms with E-state index in [1.165, 1.54) is 27.4 Å². The third-order valence-electron chi connectivity index (χ3n) is 7.90. The minimum Gasteiger partial charge on any atom is -0.335 e. The van der Waals surface area contributed by atoms with Gasteiger partial charge in [-0.05, 0) is 61.6 Å². The van der Waals surface area contributed by atoms with Crippen molar-refractivity contribution in [2.75, 3.05) is 26.2 Å². The lowest BCUT2D eigenvalue weighted by molar-refractivity contribution is -0.172. The summed E-state index contributed by atoms with van der Waals surface area (Å²) in [5, 5.41) is 0.873. The number of piperazine rings is 1. The minimum absolute atomic E-state index is 0.000896. The zero-order valence-electron chi connectivity index (χ0n) is 25.5. The van der Waals surface area contributed by atoms with Crippen molar-refractivity contribution >= 4 is 56.6 Å². The van der Waals surface area contributed by atoms with Gasteiger partial charge in [0, 0.05) is 42.1 Å². The van der Waals surface area contributed by atoms with Gasteiger partial charge in [-0.1, -0.05) is 74.6 Å². The van der Waals surface area contributed by atoms with E-state index in [1.807, 2.05) is 26.0 Å².